The summed E-state index contributed by atoms with van der Waals surface area (Å²) in [4.78, 5) is 74.7. The first-order valence-electron chi connectivity index (χ1n) is 19.8. The van der Waals surface area contributed by atoms with Gasteiger partial charge in [-0.15, -0.1) is 0 Å². The van der Waals surface area contributed by atoms with Crippen molar-refractivity contribution in [3.63, 3.8) is 0 Å². The van der Waals surface area contributed by atoms with E-state index in [0.717, 1.165) is 22.3 Å². The minimum absolute atomic E-state index is 0.0500. The summed E-state index contributed by atoms with van der Waals surface area (Å²) in [6.07, 6.45) is -0.0562. The molecule has 1 N–H and O–H groups in total. The van der Waals surface area contributed by atoms with Gasteiger partial charge in [0.25, 0.3) is 0 Å². The summed E-state index contributed by atoms with van der Waals surface area (Å²) >= 11 is 0. The predicted octanol–water partition coefficient (Wildman–Crippen LogP) is 5.98. The predicted molar refractivity (Wildman–Crippen MR) is 221 cm³/mol. The second kappa shape index (κ2) is 21.5. The van der Waals surface area contributed by atoms with E-state index >= 15 is 0 Å². The van der Waals surface area contributed by atoms with Gasteiger partial charge in [-0.2, -0.15) is 0 Å². The average Bonchev–Trinajstić information content (AvgIpc) is 3.19. The van der Waals surface area contributed by atoms with Crippen LogP contribution in [0.4, 0.5) is 0 Å². The lowest BCUT2D eigenvalue weighted by Gasteiger charge is -2.36. The summed E-state index contributed by atoms with van der Waals surface area (Å²) in [5.41, 5.74) is 4.63. The van der Waals surface area contributed by atoms with Gasteiger partial charge in [-0.05, 0) is 75.5 Å². The van der Waals surface area contributed by atoms with E-state index in [1.807, 2.05) is 90.1 Å². The van der Waals surface area contributed by atoms with Gasteiger partial charge in [0.05, 0.1) is 7.11 Å². The van der Waals surface area contributed by atoms with E-state index in [-0.39, 0.29) is 42.6 Å². The molecule has 0 aromatic heterocycles. The molecule has 0 heterocycles. The van der Waals surface area contributed by atoms with Crippen LogP contribution < -0.4 is 0 Å². The molecule has 310 valence electrons. The van der Waals surface area contributed by atoms with E-state index in [1.165, 1.54) is 43.1 Å². The molecule has 11 heteroatoms. The van der Waals surface area contributed by atoms with Crippen LogP contribution in [0.2, 0.25) is 0 Å². The Labute approximate surface area is 339 Å². The lowest BCUT2D eigenvalue weighted by Crippen LogP contribution is -2.55. The molecule has 6 atom stereocenters. The van der Waals surface area contributed by atoms with E-state index < -0.39 is 53.9 Å². The highest BCUT2D eigenvalue weighted by atomic mass is 16.5. The number of likely N-dealkylation sites (N-methyl/N-ethyl adjacent to an activating group) is 3. The fourth-order valence-corrected chi connectivity index (χ4v) is 6.79. The summed E-state index contributed by atoms with van der Waals surface area (Å²) in [6, 6.07) is 19.2. The summed E-state index contributed by atoms with van der Waals surface area (Å²) < 4.78 is 11.2. The summed E-state index contributed by atoms with van der Waals surface area (Å²) in [5, 5.41) is 9.95. The quantitative estimate of drug-likeness (QED) is 0.137. The molecular formula is C46H63N3O8. The number of benzene rings is 3. The van der Waals surface area contributed by atoms with Crippen LogP contribution in [0.5, 0.6) is 5.75 Å². The minimum Gasteiger partial charge on any atom is -0.508 e. The Hall–Kier alpha value is -5.03. The van der Waals surface area contributed by atoms with Crippen molar-refractivity contribution in [3.8, 4) is 5.75 Å². The third-order valence-electron chi connectivity index (χ3n) is 11.0. The van der Waals surface area contributed by atoms with Crippen molar-refractivity contribution in [2.45, 2.75) is 97.9 Å². The minimum atomic E-state index is -1.08. The van der Waals surface area contributed by atoms with E-state index in [4.69, 9.17) is 9.47 Å². The number of rotatable bonds is 20. The van der Waals surface area contributed by atoms with Gasteiger partial charge in [-0.25, -0.2) is 4.79 Å². The van der Waals surface area contributed by atoms with E-state index in [1.54, 1.807) is 31.1 Å². The van der Waals surface area contributed by atoms with Crippen LogP contribution in [0.15, 0.2) is 72.8 Å². The van der Waals surface area contributed by atoms with Crippen molar-refractivity contribution in [1.82, 2.24) is 14.7 Å². The third kappa shape index (κ3) is 13.0. The number of phenols is 1. The van der Waals surface area contributed by atoms with Gasteiger partial charge in [0.15, 0.2) is 11.9 Å². The molecule has 0 fully saturated rings. The van der Waals surface area contributed by atoms with Crippen LogP contribution in [0.3, 0.4) is 0 Å². The highest BCUT2D eigenvalue weighted by molar-refractivity contribution is 5.94. The number of aromatic hydroxyl groups is 1. The van der Waals surface area contributed by atoms with Crippen LogP contribution in [0.1, 0.15) is 68.4 Å². The standard InChI is InChI=1S/C46H63N3O8/c1-12-32(6)42(57-46(55)39(47(7)8)26-33-17-13-30(4)14-18-33)41(51)28-37(29(2)3)43(52)48(9)38(25-35-21-23-36(50)24-22-35)44(53)49(10)40(45(54)56-11)27-34-19-15-31(5)16-20-34/h13-24,29,32,37-40,42,50H,12,25-28H2,1-11H3/t32-,37+,38-,39+,40-,42-/m0/s1. The smallest absolute Gasteiger partial charge is 0.328 e. The number of hydrogen-bond donors (Lipinski definition) is 1. The number of ether oxygens (including phenoxy) is 2. The Balaban J connectivity index is 1.93. The van der Waals surface area contributed by atoms with Crippen molar-refractivity contribution in [2.24, 2.45) is 17.8 Å². The molecule has 3 aromatic rings. The lowest BCUT2D eigenvalue weighted by molar-refractivity contribution is -0.163. The summed E-state index contributed by atoms with van der Waals surface area (Å²) in [7, 11) is 7.92. The Morgan fingerprint density at radius 3 is 1.51 bits per heavy atom. The second-order valence-corrected chi connectivity index (χ2v) is 15.9. The molecule has 0 bridgehead atoms. The molecule has 0 aliphatic rings. The van der Waals surface area contributed by atoms with Gasteiger partial charge in [0.2, 0.25) is 11.8 Å². The number of esters is 2. The maximum Gasteiger partial charge on any atom is 0.328 e. The van der Waals surface area contributed by atoms with Gasteiger partial charge in [-0.3, -0.25) is 24.1 Å². The fourth-order valence-electron chi connectivity index (χ4n) is 6.79. The first-order chi connectivity index (χ1) is 26.9. The molecule has 11 nitrogen and oxygen atoms in total. The van der Waals surface area contributed by atoms with Crippen LogP contribution in [0.25, 0.3) is 0 Å². The molecule has 3 aromatic carbocycles. The Bertz CT molecular complexity index is 1790. The molecule has 2 amide bonds. The van der Waals surface area contributed by atoms with Crippen LogP contribution >= 0.6 is 0 Å². The van der Waals surface area contributed by atoms with Crippen molar-refractivity contribution in [1.29, 1.82) is 0 Å². The molecule has 57 heavy (non-hydrogen) atoms. The topological polar surface area (TPSA) is 134 Å². The second-order valence-electron chi connectivity index (χ2n) is 15.9. The van der Waals surface area contributed by atoms with Crippen molar-refractivity contribution >= 4 is 29.5 Å². The number of amides is 2. The number of nitrogens with zero attached hydrogens (tertiary/aromatic N) is 3. The molecule has 0 aliphatic carbocycles. The van der Waals surface area contributed by atoms with E-state index in [0.29, 0.717) is 18.4 Å². The Morgan fingerprint density at radius 2 is 1.07 bits per heavy atom. The lowest BCUT2D eigenvalue weighted by atomic mass is 9.85. The number of phenolic OH excluding ortho intramolecular Hbond substituents is 1. The highest BCUT2D eigenvalue weighted by Crippen LogP contribution is 2.26. The number of ketones is 1. The molecule has 0 spiro atoms. The first-order valence-corrected chi connectivity index (χ1v) is 19.8. The van der Waals surface area contributed by atoms with Crippen LogP contribution in [0, 0.1) is 31.6 Å². The number of Topliss-reactive ketones (excluding diaryl/α,β-unsaturated/α-hetero) is 1. The zero-order chi connectivity index (χ0) is 42.6. The van der Waals surface area contributed by atoms with Gasteiger partial charge in [0.1, 0.15) is 23.9 Å². The van der Waals surface area contributed by atoms with Gasteiger partial charge < -0.3 is 24.4 Å². The largest absolute Gasteiger partial charge is 0.508 e. The Morgan fingerprint density at radius 1 is 0.632 bits per heavy atom. The van der Waals surface area contributed by atoms with Crippen molar-refractivity contribution in [3.05, 3.63) is 101 Å². The summed E-state index contributed by atoms with van der Waals surface area (Å²) in [5.74, 6) is -3.85. The van der Waals surface area contributed by atoms with E-state index in [2.05, 4.69) is 0 Å². The maximum atomic E-state index is 14.6. The molecule has 0 saturated heterocycles. The van der Waals surface area contributed by atoms with Gasteiger partial charge in [-0.1, -0.05) is 99.5 Å². The normalized spacial score (nSPS) is 14.5. The third-order valence-corrected chi connectivity index (χ3v) is 11.0. The highest BCUT2D eigenvalue weighted by Gasteiger charge is 2.40. The van der Waals surface area contributed by atoms with Crippen molar-refractivity contribution < 1.29 is 38.6 Å². The molecular weight excluding hydrogens is 723 g/mol. The number of methoxy groups -OCH3 is 1. The Kier molecular flexibility index (Phi) is 17.5. The molecule has 3 rings (SSSR count). The SMILES string of the molecule is CC[C@H](C)[C@H](OC(=O)[C@@H](Cc1ccc(C)cc1)N(C)C)C(=O)C[C@@H](C(=O)N(C)[C@@H](Cc1ccc(O)cc1)C(=O)N(C)[C@@H](Cc1ccc(C)cc1)C(=O)OC)C(C)C. The van der Waals surface area contributed by atoms with Gasteiger partial charge >= 0.3 is 11.9 Å². The molecule has 0 unspecified atom stereocenters. The maximum absolute atomic E-state index is 14.6. The average molecular weight is 786 g/mol. The molecule has 0 saturated carbocycles. The number of carbonyl (C=O) groups excluding carboxylic acids is 5. The zero-order valence-electron chi connectivity index (χ0n) is 35.7. The van der Waals surface area contributed by atoms with E-state index in [9.17, 15) is 29.1 Å². The summed E-state index contributed by atoms with van der Waals surface area (Å²) in [6.45, 7) is 11.4. The zero-order valence-corrected chi connectivity index (χ0v) is 35.7. The van der Waals surface area contributed by atoms with Gasteiger partial charge in [0, 0.05) is 45.2 Å². The fraction of sp³-hybridized carbons (Fsp3) is 0.500. The number of carbonyl (C=O) groups is 5. The monoisotopic (exact) mass is 785 g/mol. The first kappa shape index (κ1) is 46.4. The molecule has 0 aliphatic heterocycles. The molecule has 0 radical (unpaired) electrons. The van der Waals surface area contributed by atoms with Crippen molar-refractivity contribution in [2.75, 3.05) is 35.3 Å². The number of hydrogen-bond acceptors (Lipinski definition) is 9. The van der Waals surface area contributed by atoms with Crippen LogP contribution in [-0.4, -0.2) is 109 Å². The number of aryl methyl sites for hydroxylation is 2. The van der Waals surface area contributed by atoms with Crippen LogP contribution in [-0.2, 0) is 52.7 Å².